The van der Waals surface area contributed by atoms with Crippen molar-refractivity contribution in [2.45, 2.75) is 31.3 Å². The van der Waals surface area contributed by atoms with Crippen LogP contribution in [0.15, 0.2) is 41.3 Å². The molecule has 0 amide bonds. The van der Waals surface area contributed by atoms with E-state index in [2.05, 4.69) is 9.62 Å². The summed E-state index contributed by atoms with van der Waals surface area (Å²) in [6.07, 6.45) is 0.00963. The Balaban J connectivity index is 1.75. The fraction of sp³-hybridized carbons (Fsp3) is 0.400. The van der Waals surface area contributed by atoms with E-state index in [1.54, 1.807) is 25.1 Å². The Kier molecular flexibility index (Phi) is 5.74. The lowest BCUT2D eigenvalue weighted by Gasteiger charge is -2.17. The number of sulfonamides is 1. The average Bonchev–Trinajstić information content (AvgIpc) is 3.02. The van der Waals surface area contributed by atoms with Crippen molar-refractivity contribution < 1.29 is 18.3 Å². The van der Waals surface area contributed by atoms with E-state index < -0.39 is 16.1 Å². The summed E-state index contributed by atoms with van der Waals surface area (Å²) in [5.74, 6) is 0.311. The van der Waals surface area contributed by atoms with E-state index in [-0.39, 0.29) is 11.4 Å². The minimum atomic E-state index is -3.80. The number of hydrogen-bond acceptors (Lipinski definition) is 5. The highest BCUT2D eigenvalue weighted by molar-refractivity contribution is 7.89. The summed E-state index contributed by atoms with van der Waals surface area (Å²) in [4.78, 5) is 2.26. The summed E-state index contributed by atoms with van der Waals surface area (Å²) in [5.41, 5.74) is 3.87. The highest BCUT2D eigenvalue weighted by Gasteiger charge is 2.22. The summed E-state index contributed by atoms with van der Waals surface area (Å²) < 4.78 is 33.4. The summed E-state index contributed by atoms with van der Waals surface area (Å²) in [6.45, 7) is 4.85. The number of hydrogen-bond donors (Lipinski definition) is 2. The van der Waals surface area contributed by atoms with E-state index in [9.17, 15) is 13.5 Å². The molecular formula is C20H26N2O4S. The van der Waals surface area contributed by atoms with Crippen molar-refractivity contribution >= 4 is 15.7 Å². The van der Waals surface area contributed by atoms with E-state index >= 15 is 0 Å². The second-order valence-corrected chi connectivity index (χ2v) is 8.55. The third-order valence-corrected chi connectivity index (χ3v) is 6.22. The number of nitrogens with one attached hydrogen (secondary N) is 1. The first-order valence-corrected chi connectivity index (χ1v) is 10.5. The molecule has 0 fully saturated rings. The molecule has 27 heavy (non-hydrogen) atoms. The molecule has 1 atom stereocenters. The summed E-state index contributed by atoms with van der Waals surface area (Å²) in [5, 5.41) is 10.5. The van der Waals surface area contributed by atoms with Crippen molar-refractivity contribution in [3.63, 3.8) is 0 Å². The minimum absolute atomic E-state index is 0.0899. The smallest absolute Gasteiger partial charge is 0.244 e. The number of aliphatic hydroxyl groups excluding tert-OH is 1. The van der Waals surface area contributed by atoms with E-state index in [0.29, 0.717) is 17.9 Å². The molecule has 146 valence electrons. The number of benzene rings is 2. The Morgan fingerprint density at radius 1 is 1.26 bits per heavy atom. The van der Waals surface area contributed by atoms with Crippen molar-refractivity contribution in [3.8, 4) is 5.75 Å². The van der Waals surface area contributed by atoms with Gasteiger partial charge in [0.15, 0.2) is 0 Å². The number of nitrogens with zero attached hydrogens (tertiary/aromatic N) is 1. The molecule has 0 aliphatic carbocycles. The Labute approximate surface area is 160 Å². The second kappa shape index (κ2) is 7.88. The maximum absolute atomic E-state index is 12.7. The van der Waals surface area contributed by atoms with Gasteiger partial charge in [-0.2, -0.15) is 0 Å². The van der Waals surface area contributed by atoms with Crippen LogP contribution in [0.1, 0.15) is 29.7 Å². The van der Waals surface area contributed by atoms with Gasteiger partial charge in [0, 0.05) is 25.8 Å². The Morgan fingerprint density at radius 2 is 2.04 bits per heavy atom. The van der Waals surface area contributed by atoms with Gasteiger partial charge in [-0.3, -0.25) is 0 Å². The summed E-state index contributed by atoms with van der Waals surface area (Å²) in [7, 11) is -1.77. The van der Waals surface area contributed by atoms with Gasteiger partial charge in [0.05, 0.1) is 12.7 Å². The number of anilines is 1. The van der Waals surface area contributed by atoms with E-state index in [4.69, 9.17) is 4.74 Å². The van der Waals surface area contributed by atoms with Crippen molar-refractivity contribution in [1.82, 2.24) is 4.72 Å². The third-order valence-electron chi connectivity index (χ3n) is 4.77. The van der Waals surface area contributed by atoms with E-state index in [0.717, 1.165) is 24.2 Å². The molecule has 1 unspecified atom stereocenters. The molecule has 0 saturated heterocycles. The van der Waals surface area contributed by atoms with Crippen LogP contribution in [0.4, 0.5) is 5.69 Å². The van der Waals surface area contributed by atoms with Gasteiger partial charge in [-0.05, 0) is 55.2 Å². The van der Waals surface area contributed by atoms with Gasteiger partial charge in [0.1, 0.15) is 10.6 Å². The summed E-state index contributed by atoms with van der Waals surface area (Å²) in [6, 6.07) is 10.8. The Morgan fingerprint density at radius 3 is 2.78 bits per heavy atom. The van der Waals surface area contributed by atoms with Gasteiger partial charge >= 0.3 is 0 Å². The molecule has 0 spiro atoms. The van der Waals surface area contributed by atoms with Crippen molar-refractivity contribution in [2.75, 3.05) is 31.6 Å². The fourth-order valence-electron chi connectivity index (χ4n) is 3.28. The van der Waals surface area contributed by atoms with Crippen molar-refractivity contribution in [1.29, 1.82) is 0 Å². The molecule has 2 aromatic rings. The summed E-state index contributed by atoms with van der Waals surface area (Å²) >= 11 is 0. The first-order chi connectivity index (χ1) is 12.8. The highest BCUT2D eigenvalue weighted by atomic mass is 32.2. The van der Waals surface area contributed by atoms with Crippen LogP contribution in [0.5, 0.6) is 5.75 Å². The molecule has 1 heterocycles. The van der Waals surface area contributed by atoms with E-state index in [1.165, 1.54) is 5.56 Å². The predicted molar refractivity (Wildman–Crippen MR) is 106 cm³/mol. The number of likely N-dealkylation sites (N-methyl/N-ethyl adjacent to an activating group) is 1. The van der Waals surface area contributed by atoms with Crippen LogP contribution >= 0.6 is 0 Å². The first kappa shape index (κ1) is 19.7. The molecule has 2 N–H and O–H groups in total. The number of rotatable bonds is 7. The maximum atomic E-state index is 12.7. The number of aliphatic hydroxyl groups is 1. The molecular weight excluding hydrogens is 364 g/mol. The molecule has 2 aromatic carbocycles. The lowest BCUT2D eigenvalue weighted by Crippen LogP contribution is -2.29. The van der Waals surface area contributed by atoms with Crippen LogP contribution in [-0.4, -0.2) is 40.3 Å². The van der Waals surface area contributed by atoms with E-state index in [1.807, 2.05) is 32.2 Å². The molecule has 0 bridgehead atoms. The maximum Gasteiger partial charge on any atom is 0.244 e. The van der Waals surface area contributed by atoms with Gasteiger partial charge in [-0.15, -0.1) is 0 Å². The molecule has 3 rings (SSSR count). The van der Waals surface area contributed by atoms with Crippen LogP contribution in [0.3, 0.4) is 0 Å². The largest absolute Gasteiger partial charge is 0.492 e. The minimum Gasteiger partial charge on any atom is -0.492 e. The number of ether oxygens (including phenoxy) is 1. The quantitative estimate of drug-likeness (QED) is 0.759. The second-order valence-electron chi connectivity index (χ2n) is 6.81. The fourth-order valence-corrected chi connectivity index (χ4v) is 4.54. The zero-order valence-electron chi connectivity index (χ0n) is 15.9. The van der Waals surface area contributed by atoms with Crippen LogP contribution in [0.25, 0.3) is 0 Å². The van der Waals surface area contributed by atoms with Gasteiger partial charge in [0.25, 0.3) is 0 Å². The van der Waals surface area contributed by atoms with Crippen LogP contribution in [0, 0.1) is 6.92 Å². The molecule has 1 aliphatic rings. The van der Waals surface area contributed by atoms with Crippen molar-refractivity contribution in [2.24, 2.45) is 0 Å². The van der Waals surface area contributed by atoms with Crippen LogP contribution in [-0.2, 0) is 16.4 Å². The highest BCUT2D eigenvalue weighted by Crippen LogP contribution is 2.30. The first-order valence-electron chi connectivity index (χ1n) is 9.07. The molecule has 0 radical (unpaired) electrons. The topological polar surface area (TPSA) is 78.9 Å². The molecule has 7 heteroatoms. The van der Waals surface area contributed by atoms with Crippen LogP contribution < -0.4 is 14.4 Å². The predicted octanol–water partition coefficient (Wildman–Crippen LogP) is 2.40. The molecule has 0 saturated carbocycles. The van der Waals surface area contributed by atoms with Gasteiger partial charge in [0.2, 0.25) is 10.0 Å². The monoisotopic (exact) mass is 390 g/mol. The lowest BCUT2D eigenvalue weighted by atomic mass is 10.0. The Hall–Kier alpha value is -2.09. The number of fused-ring (bicyclic) bond motifs is 1. The van der Waals surface area contributed by atoms with Gasteiger partial charge in [-0.1, -0.05) is 18.2 Å². The Bertz CT molecular complexity index is 928. The van der Waals surface area contributed by atoms with Gasteiger partial charge < -0.3 is 14.7 Å². The zero-order chi connectivity index (χ0) is 19.6. The average molecular weight is 391 g/mol. The molecule has 0 aromatic heterocycles. The molecule has 1 aliphatic heterocycles. The zero-order valence-corrected chi connectivity index (χ0v) is 16.7. The van der Waals surface area contributed by atoms with Crippen molar-refractivity contribution in [3.05, 3.63) is 53.1 Å². The SMILES string of the molecule is CCOc1ccc(C)cc1S(=O)(=O)NCC(O)c1ccc2c(c1)CCN2C. The third kappa shape index (κ3) is 4.26. The van der Waals surface area contributed by atoms with Gasteiger partial charge in [-0.25, -0.2) is 13.1 Å². The number of aryl methyl sites for hydroxylation is 1. The standard InChI is InChI=1S/C20H26N2O4S/c1-4-26-19-8-5-14(2)11-20(19)27(24,25)21-13-18(23)16-6-7-17-15(12-16)9-10-22(17)3/h5-8,11-12,18,21,23H,4,9-10,13H2,1-3H3. The normalized spacial score (nSPS) is 14.9. The molecule has 6 nitrogen and oxygen atoms in total. The lowest BCUT2D eigenvalue weighted by molar-refractivity contribution is 0.182. The van der Waals surface area contributed by atoms with Crippen LogP contribution in [0.2, 0.25) is 0 Å².